The molecule has 0 bridgehead atoms. The van der Waals surface area contributed by atoms with Crippen molar-refractivity contribution in [3.05, 3.63) is 90.8 Å². The maximum atomic E-state index is 13.3. The van der Waals surface area contributed by atoms with E-state index < -0.39 is 17.8 Å². The highest BCUT2D eigenvalue weighted by molar-refractivity contribution is 9.10. The first kappa shape index (κ1) is 26.9. The number of nitrogens with one attached hydrogen (secondary N) is 1. The lowest BCUT2D eigenvalue weighted by Crippen LogP contribution is -2.54. The van der Waals surface area contributed by atoms with Crippen LogP contribution in [0.2, 0.25) is 5.02 Å². The molecule has 1 N–H and O–H groups in total. The molecule has 0 saturated carbocycles. The zero-order valence-electron chi connectivity index (χ0n) is 19.8. The third-order valence-electron chi connectivity index (χ3n) is 5.47. The second-order valence-electron chi connectivity index (χ2n) is 8.03. The highest BCUT2D eigenvalue weighted by atomic mass is 79.9. The lowest BCUT2D eigenvalue weighted by molar-refractivity contribution is -0.122. The zero-order valence-corrected chi connectivity index (χ0v) is 23.7. The van der Waals surface area contributed by atoms with E-state index in [0.717, 1.165) is 20.5 Å². The van der Waals surface area contributed by atoms with Gasteiger partial charge in [-0.25, -0.2) is 9.69 Å². The molecule has 0 aromatic heterocycles. The maximum Gasteiger partial charge on any atom is 0.335 e. The molecule has 0 radical (unpaired) electrons. The molecule has 0 atom stereocenters. The first-order valence-corrected chi connectivity index (χ1v) is 13.2. The quantitative estimate of drug-likeness (QED) is 0.225. The van der Waals surface area contributed by atoms with E-state index in [-0.39, 0.29) is 12.2 Å². The van der Waals surface area contributed by atoms with Gasteiger partial charge in [0.05, 0.1) is 16.8 Å². The number of imide groups is 2. The van der Waals surface area contributed by atoms with Gasteiger partial charge < -0.3 is 9.47 Å². The number of hydrogen-bond acceptors (Lipinski definition) is 5. The molecule has 10 heteroatoms. The van der Waals surface area contributed by atoms with Gasteiger partial charge in [-0.2, -0.15) is 0 Å². The fraction of sp³-hybridized carbons (Fsp3) is 0.148. The summed E-state index contributed by atoms with van der Waals surface area (Å²) in [5.41, 5.74) is 2.29. The van der Waals surface area contributed by atoms with Crippen LogP contribution in [-0.2, 0) is 16.2 Å². The number of rotatable bonds is 7. The molecule has 1 aliphatic heterocycles. The van der Waals surface area contributed by atoms with Crippen LogP contribution in [-0.4, -0.2) is 24.5 Å². The summed E-state index contributed by atoms with van der Waals surface area (Å²) in [5, 5.41) is 2.82. The molecular weight excluding hydrogens is 628 g/mol. The predicted octanol–water partition coefficient (Wildman–Crippen LogP) is 6.82. The van der Waals surface area contributed by atoms with Crippen molar-refractivity contribution in [3.8, 4) is 11.5 Å². The van der Waals surface area contributed by atoms with Gasteiger partial charge in [0, 0.05) is 15.1 Å². The van der Waals surface area contributed by atoms with Crippen LogP contribution < -0.4 is 19.7 Å². The van der Waals surface area contributed by atoms with E-state index in [9.17, 15) is 14.4 Å². The number of halogens is 3. The number of urea groups is 1. The molecule has 4 amide bonds. The van der Waals surface area contributed by atoms with Crippen LogP contribution in [0.3, 0.4) is 0 Å². The second-order valence-corrected chi connectivity index (χ2v) is 10.2. The van der Waals surface area contributed by atoms with E-state index in [2.05, 4.69) is 37.2 Å². The van der Waals surface area contributed by atoms with E-state index >= 15 is 0 Å². The van der Waals surface area contributed by atoms with Crippen molar-refractivity contribution in [1.82, 2.24) is 5.32 Å². The summed E-state index contributed by atoms with van der Waals surface area (Å²) < 4.78 is 13.2. The van der Waals surface area contributed by atoms with Crippen LogP contribution in [0.1, 0.15) is 23.6 Å². The largest absolute Gasteiger partial charge is 0.490 e. The van der Waals surface area contributed by atoms with Gasteiger partial charge in [0.2, 0.25) is 0 Å². The normalized spacial score (nSPS) is 14.7. The van der Waals surface area contributed by atoms with Crippen molar-refractivity contribution in [2.45, 2.75) is 20.5 Å². The number of aryl methyl sites for hydroxylation is 1. The van der Waals surface area contributed by atoms with Crippen molar-refractivity contribution < 1.29 is 23.9 Å². The van der Waals surface area contributed by atoms with Gasteiger partial charge in [-0.15, -0.1) is 0 Å². The molecule has 1 fully saturated rings. The number of hydrogen-bond donors (Lipinski definition) is 1. The standard InChI is InChI=1S/C27H21Br2ClN2O5/c1-3-36-23-13-16(12-21(29)24(23)37-14-17-6-4-5-7-22(17)30)11-19-25(33)31-27(35)32(26(19)34)18-8-9-20(28)15(2)10-18/h4-13H,3,14H2,1-2H3,(H,31,33,35)/b19-11+. The average Bonchev–Trinajstić information content (AvgIpc) is 2.84. The van der Waals surface area contributed by atoms with Crippen molar-refractivity contribution in [1.29, 1.82) is 0 Å². The summed E-state index contributed by atoms with van der Waals surface area (Å²) in [6.07, 6.45) is 1.41. The highest BCUT2D eigenvalue weighted by Gasteiger charge is 2.37. The van der Waals surface area contributed by atoms with Crippen molar-refractivity contribution >= 4 is 73.1 Å². The summed E-state index contributed by atoms with van der Waals surface area (Å²) in [4.78, 5) is 39.4. The molecule has 1 heterocycles. The Morgan fingerprint density at radius 1 is 1.00 bits per heavy atom. The minimum absolute atomic E-state index is 0.195. The van der Waals surface area contributed by atoms with Crippen molar-refractivity contribution in [2.24, 2.45) is 0 Å². The van der Waals surface area contributed by atoms with Gasteiger partial charge in [-0.1, -0.05) is 45.7 Å². The number of amides is 4. The Hall–Kier alpha value is -3.14. The molecule has 190 valence electrons. The topological polar surface area (TPSA) is 84.9 Å². The van der Waals surface area contributed by atoms with Crippen LogP contribution in [0.15, 0.2) is 69.1 Å². The van der Waals surface area contributed by atoms with Crippen LogP contribution in [0.25, 0.3) is 6.08 Å². The van der Waals surface area contributed by atoms with Crippen LogP contribution >= 0.6 is 43.5 Å². The van der Waals surface area contributed by atoms with E-state index in [1.54, 1.807) is 36.4 Å². The van der Waals surface area contributed by atoms with Gasteiger partial charge >= 0.3 is 6.03 Å². The zero-order chi connectivity index (χ0) is 26.7. The lowest BCUT2D eigenvalue weighted by Gasteiger charge is -2.26. The van der Waals surface area contributed by atoms with E-state index in [1.807, 2.05) is 32.0 Å². The molecule has 7 nitrogen and oxygen atoms in total. The highest BCUT2D eigenvalue weighted by Crippen LogP contribution is 2.38. The molecule has 4 rings (SSSR count). The summed E-state index contributed by atoms with van der Waals surface area (Å²) in [6.45, 7) is 4.24. The second kappa shape index (κ2) is 11.5. The van der Waals surface area contributed by atoms with Gasteiger partial charge in [0.15, 0.2) is 11.5 Å². The number of carbonyl (C=O) groups excluding carboxylic acids is 3. The lowest BCUT2D eigenvalue weighted by atomic mass is 10.1. The smallest absolute Gasteiger partial charge is 0.335 e. The first-order chi connectivity index (χ1) is 17.7. The Balaban J connectivity index is 1.67. The average molecular weight is 649 g/mol. The number of anilines is 1. The Morgan fingerprint density at radius 3 is 2.46 bits per heavy atom. The number of ether oxygens (including phenoxy) is 2. The summed E-state index contributed by atoms with van der Waals surface area (Å²) in [5.74, 6) is -0.654. The minimum atomic E-state index is -0.812. The van der Waals surface area contributed by atoms with Crippen LogP contribution in [0.5, 0.6) is 11.5 Å². The molecule has 37 heavy (non-hydrogen) atoms. The third kappa shape index (κ3) is 5.89. The van der Waals surface area contributed by atoms with Gasteiger partial charge in [-0.3, -0.25) is 14.9 Å². The van der Waals surface area contributed by atoms with Crippen molar-refractivity contribution in [2.75, 3.05) is 11.5 Å². The van der Waals surface area contributed by atoms with E-state index in [0.29, 0.717) is 38.9 Å². The summed E-state index contributed by atoms with van der Waals surface area (Å²) in [6, 6.07) is 14.9. The molecule has 1 saturated heterocycles. The van der Waals surface area contributed by atoms with Crippen molar-refractivity contribution in [3.63, 3.8) is 0 Å². The maximum absolute atomic E-state index is 13.3. The molecule has 0 aliphatic carbocycles. The number of nitrogens with zero attached hydrogens (tertiary/aromatic N) is 1. The summed E-state index contributed by atoms with van der Waals surface area (Å²) in [7, 11) is 0. The minimum Gasteiger partial charge on any atom is -0.490 e. The molecule has 3 aromatic carbocycles. The first-order valence-electron chi connectivity index (χ1n) is 11.2. The fourth-order valence-electron chi connectivity index (χ4n) is 3.67. The van der Waals surface area contributed by atoms with Crippen LogP contribution in [0.4, 0.5) is 10.5 Å². The number of carbonyl (C=O) groups is 3. The Labute approximate surface area is 235 Å². The third-order valence-corrected chi connectivity index (χ3v) is 7.32. The molecular formula is C27H21Br2ClN2O5. The SMILES string of the molecule is CCOc1cc(/C=C2\C(=O)NC(=O)N(c3ccc(Br)c(C)c3)C2=O)cc(Br)c1OCc1ccccc1Cl. The molecule has 0 unspecified atom stereocenters. The Bertz CT molecular complexity index is 1440. The molecule has 3 aromatic rings. The summed E-state index contributed by atoms with van der Waals surface area (Å²) >= 11 is 13.2. The van der Waals surface area contributed by atoms with Gasteiger partial charge in [0.25, 0.3) is 11.8 Å². The van der Waals surface area contributed by atoms with Crippen LogP contribution in [0, 0.1) is 6.92 Å². The van der Waals surface area contributed by atoms with Gasteiger partial charge in [-0.05, 0) is 83.4 Å². The Kier molecular flexibility index (Phi) is 8.36. The molecule has 1 aliphatic rings. The van der Waals surface area contributed by atoms with Gasteiger partial charge in [0.1, 0.15) is 12.2 Å². The van der Waals surface area contributed by atoms with E-state index in [4.69, 9.17) is 21.1 Å². The monoisotopic (exact) mass is 646 g/mol. The predicted molar refractivity (Wildman–Crippen MR) is 149 cm³/mol. The molecule has 0 spiro atoms. The Morgan fingerprint density at radius 2 is 1.76 bits per heavy atom. The number of barbiturate groups is 1. The van der Waals surface area contributed by atoms with E-state index in [1.165, 1.54) is 6.08 Å². The fourth-order valence-corrected chi connectivity index (χ4v) is 4.68. The number of benzene rings is 3.